The lowest BCUT2D eigenvalue weighted by atomic mass is 9.91. The molecule has 0 bridgehead atoms. The van der Waals surface area contributed by atoms with E-state index in [-0.39, 0.29) is 18.0 Å². The highest BCUT2D eigenvalue weighted by atomic mass is 19.1. The molecule has 0 amide bonds. The zero-order chi connectivity index (χ0) is 14.3. The molecule has 2 aromatic rings. The molecule has 2 N–H and O–H groups in total. The average Bonchev–Trinajstić information content (AvgIpc) is 2.42. The predicted molar refractivity (Wildman–Crippen MR) is 77.2 cm³/mol. The van der Waals surface area contributed by atoms with Crippen molar-refractivity contribution in [3.05, 3.63) is 64.5 Å². The second-order valence-corrected chi connectivity index (χ2v) is 5.49. The largest absolute Gasteiger partial charge is 0.485 e. The maximum Gasteiger partial charge on any atom is 0.126 e. The van der Waals surface area contributed by atoms with Crippen LogP contribution in [0.15, 0.2) is 36.4 Å². The molecule has 0 aromatic heterocycles. The van der Waals surface area contributed by atoms with Crippen LogP contribution in [0.25, 0.3) is 0 Å². The van der Waals surface area contributed by atoms with Crippen molar-refractivity contribution < 1.29 is 9.13 Å². The second kappa shape index (κ2) is 4.91. The predicted octanol–water partition coefficient (Wildman–Crippen LogP) is 3.97. The SMILES string of the molecule is Cc1ccc(C)c(C2C[C@H](N)c3cc(F)ccc3O2)c1. The van der Waals surface area contributed by atoms with Crippen LogP contribution in [0.5, 0.6) is 5.75 Å². The molecule has 104 valence electrons. The van der Waals surface area contributed by atoms with E-state index in [4.69, 9.17) is 10.5 Å². The highest BCUT2D eigenvalue weighted by Gasteiger charge is 2.28. The minimum absolute atomic E-state index is 0.0668. The number of fused-ring (bicyclic) bond motifs is 1. The van der Waals surface area contributed by atoms with Crippen LogP contribution < -0.4 is 10.5 Å². The fraction of sp³-hybridized carbons (Fsp3) is 0.294. The summed E-state index contributed by atoms with van der Waals surface area (Å²) in [6.45, 7) is 4.14. The van der Waals surface area contributed by atoms with Gasteiger partial charge in [0.2, 0.25) is 0 Å². The molecule has 1 unspecified atom stereocenters. The molecule has 1 aliphatic heterocycles. The van der Waals surface area contributed by atoms with E-state index in [1.165, 1.54) is 23.3 Å². The van der Waals surface area contributed by atoms with Gasteiger partial charge in [0.15, 0.2) is 0 Å². The number of hydrogen-bond acceptors (Lipinski definition) is 2. The summed E-state index contributed by atoms with van der Waals surface area (Å²) >= 11 is 0. The number of ether oxygens (including phenoxy) is 1. The van der Waals surface area contributed by atoms with E-state index in [0.29, 0.717) is 12.2 Å². The quantitative estimate of drug-likeness (QED) is 0.852. The van der Waals surface area contributed by atoms with Gasteiger partial charge < -0.3 is 10.5 Å². The Morgan fingerprint density at radius 3 is 2.70 bits per heavy atom. The van der Waals surface area contributed by atoms with Crippen LogP contribution in [-0.2, 0) is 0 Å². The van der Waals surface area contributed by atoms with Crippen LogP contribution in [0.4, 0.5) is 4.39 Å². The standard InChI is InChI=1S/C17H18FNO/c1-10-3-4-11(2)13(7-10)17-9-15(19)14-8-12(18)5-6-16(14)20-17/h3-8,15,17H,9,19H2,1-2H3/t15-,17?/m0/s1. The van der Waals surface area contributed by atoms with Crippen LogP contribution in [0.1, 0.15) is 40.8 Å². The summed E-state index contributed by atoms with van der Waals surface area (Å²) < 4.78 is 19.3. The minimum Gasteiger partial charge on any atom is -0.485 e. The van der Waals surface area contributed by atoms with E-state index >= 15 is 0 Å². The van der Waals surface area contributed by atoms with Gasteiger partial charge in [-0.15, -0.1) is 0 Å². The summed E-state index contributed by atoms with van der Waals surface area (Å²) in [7, 11) is 0. The third-order valence-electron chi connectivity index (χ3n) is 3.89. The lowest BCUT2D eigenvalue weighted by Crippen LogP contribution is -2.24. The number of nitrogens with two attached hydrogens (primary N) is 1. The van der Waals surface area contributed by atoms with Gasteiger partial charge in [0.1, 0.15) is 17.7 Å². The summed E-state index contributed by atoms with van der Waals surface area (Å²) in [6, 6.07) is 10.7. The molecule has 0 fully saturated rings. The average molecular weight is 271 g/mol. The van der Waals surface area contributed by atoms with Gasteiger partial charge in [0.05, 0.1) is 0 Å². The van der Waals surface area contributed by atoms with Gasteiger partial charge in [-0.25, -0.2) is 4.39 Å². The number of halogens is 1. The van der Waals surface area contributed by atoms with Crippen molar-refractivity contribution in [2.45, 2.75) is 32.4 Å². The molecule has 2 atom stereocenters. The first-order valence-electron chi connectivity index (χ1n) is 6.83. The van der Waals surface area contributed by atoms with Crippen LogP contribution in [0.3, 0.4) is 0 Å². The van der Waals surface area contributed by atoms with Crippen molar-refractivity contribution in [1.29, 1.82) is 0 Å². The molecule has 3 heteroatoms. The normalized spacial score (nSPS) is 21.2. The molecular formula is C17H18FNO. The molecule has 2 aromatic carbocycles. The third-order valence-corrected chi connectivity index (χ3v) is 3.89. The van der Waals surface area contributed by atoms with E-state index in [9.17, 15) is 4.39 Å². The van der Waals surface area contributed by atoms with E-state index in [0.717, 1.165) is 11.1 Å². The number of hydrogen-bond donors (Lipinski definition) is 1. The Morgan fingerprint density at radius 2 is 1.90 bits per heavy atom. The summed E-state index contributed by atoms with van der Waals surface area (Å²) in [6.07, 6.45) is 0.601. The van der Waals surface area contributed by atoms with Crippen molar-refractivity contribution in [3.8, 4) is 5.75 Å². The second-order valence-electron chi connectivity index (χ2n) is 5.49. The zero-order valence-corrected chi connectivity index (χ0v) is 11.7. The molecule has 0 radical (unpaired) electrons. The van der Waals surface area contributed by atoms with Crippen LogP contribution in [0.2, 0.25) is 0 Å². The maximum atomic E-state index is 13.3. The Hall–Kier alpha value is -1.87. The smallest absolute Gasteiger partial charge is 0.126 e. The molecule has 3 rings (SSSR count). The molecule has 2 nitrogen and oxygen atoms in total. The Kier molecular flexibility index (Phi) is 3.22. The highest BCUT2D eigenvalue weighted by molar-refractivity contribution is 5.41. The lowest BCUT2D eigenvalue weighted by molar-refractivity contribution is 0.160. The Labute approximate surface area is 118 Å². The van der Waals surface area contributed by atoms with Crippen molar-refractivity contribution >= 4 is 0 Å². The molecule has 20 heavy (non-hydrogen) atoms. The van der Waals surface area contributed by atoms with Crippen LogP contribution in [0, 0.1) is 19.7 Å². The molecule has 0 saturated heterocycles. The van der Waals surface area contributed by atoms with Crippen LogP contribution >= 0.6 is 0 Å². The van der Waals surface area contributed by atoms with E-state index < -0.39 is 0 Å². The molecule has 0 saturated carbocycles. The number of aryl methyl sites for hydroxylation is 2. The van der Waals surface area contributed by atoms with Gasteiger partial charge >= 0.3 is 0 Å². The molecule has 0 spiro atoms. The maximum absolute atomic E-state index is 13.3. The molecular weight excluding hydrogens is 253 g/mol. The third kappa shape index (κ3) is 2.29. The van der Waals surface area contributed by atoms with Gasteiger partial charge in [-0.1, -0.05) is 23.8 Å². The van der Waals surface area contributed by atoms with E-state index in [2.05, 4.69) is 32.0 Å². The van der Waals surface area contributed by atoms with Gasteiger partial charge in [0.25, 0.3) is 0 Å². The van der Waals surface area contributed by atoms with Crippen molar-refractivity contribution in [2.24, 2.45) is 5.73 Å². The Morgan fingerprint density at radius 1 is 1.10 bits per heavy atom. The topological polar surface area (TPSA) is 35.2 Å². The molecule has 1 heterocycles. The van der Waals surface area contributed by atoms with Crippen LogP contribution in [-0.4, -0.2) is 0 Å². The van der Waals surface area contributed by atoms with E-state index in [1.807, 2.05) is 0 Å². The Balaban J connectivity index is 1.99. The van der Waals surface area contributed by atoms with Crippen molar-refractivity contribution in [3.63, 3.8) is 0 Å². The molecule has 1 aliphatic rings. The van der Waals surface area contributed by atoms with Gasteiger partial charge in [0, 0.05) is 18.0 Å². The highest BCUT2D eigenvalue weighted by Crippen LogP contribution is 2.40. The first-order valence-corrected chi connectivity index (χ1v) is 6.83. The lowest BCUT2D eigenvalue weighted by Gasteiger charge is -2.31. The van der Waals surface area contributed by atoms with Gasteiger partial charge in [-0.05, 0) is 43.2 Å². The van der Waals surface area contributed by atoms with Gasteiger partial charge in [-0.2, -0.15) is 0 Å². The number of rotatable bonds is 1. The molecule has 0 aliphatic carbocycles. The van der Waals surface area contributed by atoms with E-state index in [1.54, 1.807) is 6.07 Å². The fourth-order valence-electron chi connectivity index (χ4n) is 2.77. The Bertz CT molecular complexity index is 653. The monoisotopic (exact) mass is 271 g/mol. The number of benzene rings is 2. The summed E-state index contributed by atoms with van der Waals surface area (Å²) in [4.78, 5) is 0. The first kappa shape index (κ1) is 13.1. The van der Waals surface area contributed by atoms with Crippen molar-refractivity contribution in [1.82, 2.24) is 0 Å². The van der Waals surface area contributed by atoms with Gasteiger partial charge in [-0.3, -0.25) is 0 Å². The summed E-state index contributed by atoms with van der Waals surface area (Å²) in [5, 5.41) is 0. The summed E-state index contributed by atoms with van der Waals surface area (Å²) in [5.41, 5.74) is 10.5. The zero-order valence-electron chi connectivity index (χ0n) is 11.7. The minimum atomic E-state index is -0.270. The first-order chi connectivity index (χ1) is 9.54. The fourth-order valence-corrected chi connectivity index (χ4v) is 2.77. The van der Waals surface area contributed by atoms with Crippen molar-refractivity contribution in [2.75, 3.05) is 0 Å². The summed E-state index contributed by atoms with van der Waals surface area (Å²) in [5.74, 6) is 0.420.